The van der Waals surface area contributed by atoms with Gasteiger partial charge >= 0.3 is 0 Å². The largest absolute Gasteiger partial charge is 0.399 e. The lowest BCUT2D eigenvalue weighted by molar-refractivity contribution is -0.128. The van der Waals surface area contributed by atoms with Crippen molar-refractivity contribution in [1.82, 2.24) is 14.9 Å². The number of thioether (sulfide) groups is 1. The lowest BCUT2D eigenvalue weighted by atomic mass is 10.3. The van der Waals surface area contributed by atoms with Crippen LogP contribution in [0.5, 0.6) is 0 Å². The molecule has 2 rings (SSSR count). The van der Waals surface area contributed by atoms with Crippen molar-refractivity contribution in [3.05, 3.63) is 18.2 Å². The van der Waals surface area contributed by atoms with Crippen molar-refractivity contribution in [2.24, 2.45) is 0 Å². The quantitative estimate of drug-likeness (QED) is 0.499. The minimum atomic E-state index is 0.165. The van der Waals surface area contributed by atoms with Gasteiger partial charge in [0.25, 0.3) is 0 Å². The Balaban J connectivity index is 1.86. The van der Waals surface area contributed by atoms with Gasteiger partial charge in [0, 0.05) is 32.0 Å². The molecular formula is C13H18N4OS. The first-order valence-corrected chi connectivity index (χ1v) is 7.13. The van der Waals surface area contributed by atoms with Gasteiger partial charge in [-0.3, -0.25) is 4.79 Å². The van der Waals surface area contributed by atoms with Crippen molar-refractivity contribution in [1.29, 1.82) is 0 Å². The molecule has 1 amide bonds. The number of hydrogen-bond donors (Lipinski definition) is 2. The molecule has 0 aliphatic rings. The van der Waals surface area contributed by atoms with Gasteiger partial charge in [0.15, 0.2) is 5.16 Å². The molecule has 0 aliphatic carbocycles. The summed E-state index contributed by atoms with van der Waals surface area (Å²) in [5.74, 6) is 1.03. The molecule has 102 valence electrons. The molecule has 1 heterocycles. The fourth-order valence-electron chi connectivity index (χ4n) is 1.69. The highest BCUT2D eigenvalue weighted by molar-refractivity contribution is 7.99. The third-order valence-electron chi connectivity index (χ3n) is 2.76. The molecule has 6 heteroatoms. The monoisotopic (exact) mass is 278 g/mol. The molecule has 0 spiro atoms. The van der Waals surface area contributed by atoms with Crippen molar-refractivity contribution in [2.45, 2.75) is 18.0 Å². The molecule has 0 bridgehead atoms. The van der Waals surface area contributed by atoms with E-state index in [-0.39, 0.29) is 5.91 Å². The Bertz CT molecular complexity index is 579. The molecule has 1 aromatic heterocycles. The van der Waals surface area contributed by atoms with E-state index in [0.29, 0.717) is 6.42 Å². The highest BCUT2D eigenvalue weighted by Crippen LogP contribution is 2.21. The molecule has 0 saturated heterocycles. The van der Waals surface area contributed by atoms with Gasteiger partial charge in [-0.25, -0.2) is 4.98 Å². The second-order valence-corrected chi connectivity index (χ2v) is 5.64. The second-order valence-electron chi connectivity index (χ2n) is 4.56. The Labute approximate surface area is 116 Å². The number of benzene rings is 1. The number of anilines is 1. The van der Waals surface area contributed by atoms with E-state index >= 15 is 0 Å². The molecule has 0 saturated carbocycles. The lowest BCUT2D eigenvalue weighted by Crippen LogP contribution is -2.21. The highest BCUT2D eigenvalue weighted by atomic mass is 32.2. The average Bonchev–Trinajstić information content (AvgIpc) is 2.75. The number of aromatic nitrogens is 2. The summed E-state index contributed by atoms with van der Waals surface area (Å²) in [7, 11) is 3.55. The number of nitrogens with one attached hydrogen (secondary N) is 1. The number of H-pyrrole nitrogens is 1. The number of nitrogens with two attached hydrogens (primary N) is 1. The lowest BCUT2D eigenvalue weighted by Gasteiger charge is -2.08. The van der Waals surface area contributed by atoms with Crippen LogP contribution in [0.3, 0.4) is 0 Å². The molecular weight excluding hydrogens is 260 g/mol. The van der Waals surface area contributed by atoms with Crippen LogP contribution in [0.2, 0.25) is 0 Å². The first-order valence-electron chi connectivity index (χ1n) is 6.14. The van der Waals surface area contributed by atoms with Crippen LogP contribution in [-0.2, 0) is 4.79 Å². The van der Waals surface area contributed by atoms with Crippen LogP contribution in [-0.4, -0.2) is 40.6 Å². The molecule has 0 atom stereocenters. The number of aromatic amines is 1. The summed E-state index contributed by atoms with van der Waals surface area (Å²) in [6.45, 7) is 0. The Hall–Kier alpha value is -1.69. The van der Waals surface area contributed by atoms with E-state index in [1.807, 2.05) is 18.2 Å². The minimum Gasteiger partial charge on any atom is -0.399 e. The number of carbonyl (C=O) groups excluding carboxylic acids is 1. The molecule has 0 unspecified atom stereocenters. The van der Waals surface area contributed by atoms with Crippen LogP contribution in [0.15, 0.2) is 23.4 Å². The number of imidazole rings is 1. The number of hydrogen-bond acceptors (Lipinski definition) is 4. The van der Waals surface area contributed by atoms with E-state index in [1.54, 1.807) is 30.8 Å². The normalized spacial score (nSPS) is 10.8. The molecule has 0 fully saturated rings. The van der Waals surface area contributed by atoms with E-state index in [2.05, 4.69) is 9.97 Å². The fraction of sp³-hybridized carbons (Fsp3) is 0.385. The standard InChI is InChI=1S/C13H18N4OS/c1-17(2)12(18)4-3-7-19-13-15-10-6-5-9(14)8-11(10)16-13/h5-6,8H,3-4,7,14H2,1-2H3,(H,15,16). The maximum Gasteiger partial charge on any atom is 0.222 e. The van der Waals surface area contributed by atoms with E-state index in [0.717, 1.165) is 34.1 Å². The SMILES string of the molecule is CN(C)C(=O)CCCSc1nc2ccc(N)cc2[nH]1. The average molecular weight is 278 g/mol. The van der Waals surface area contributed by atoms with Crippen molar-refractivity contribution < 1.29 is 4.79 Å². The topological polar surface area (TPSA) is 75.0 Å². The van der Waals surface area contributed by atoms with Gasteiger partial charge in [-0.05, 0) is 24.6 Å². The highest BCUT2D eigenvalue weighted by Gasteiger charge is 2.06. The van der Waals surface area contributed by atoms with Gasteiger partial charge in [-0.2, -0.15) is 0 Å². The molecule has 0 aliphatic heterocycles. The Morgan fingerprint density at radius 1 is 1.47 bits per heavy atom. The summed E-state index contributed by atoms with van der Waals surface area (Å²) in [5, 5.41) is 0.873. The van der Waals surface area contributed by atoms with Crippen LogP contribution >= 0.6 is 11.8 Å². The first kappa shape index (κ1) is 13.7. The predicted molar refractivity (Wildman–Crippen MR) is 79.2 cm³/mol. The summed E-state index contributed by atoms with van der Waals surface area (Å²) in [6.07, 6.45) is 1.42. The number of rotatable bonds is 5. The van der Waals surface area contributed by atoms with Gasteiger partial charge < -0.3 is 15.6 Å². The summed E-state index contributed by atoms with van der Waals surface area (Å²) in [5.41, 5.74) is 8.31. The summed E-state index contributed by atoms with van der Waals surface area (Å²) in [6, 6.07) is 5.62. The van der Waals surface area contributed by atoms with Crippen molar-refractivity contribution in [3.8, 4) is 0 Å². The molecule has 19 heavy (non-hydrogen) atoms. The van der Waals surface area contributed by atoms with E-state index in [1.165, 1.54) is 0 Å². The summed E-state index contributed by atoms with van der Waals surface area (Å²) < 4.78 is 0. The Morgan fingerprint density at radius 3 is 3.00 bits per heavy atom. The van der Waals surface area contributed by atoms with E-state index in [4.69, 9.17) is 5.73 Å². The number of nitrogens with zero attached hydrogens (tertiary/aromatic N) is 2. The van der Waals surface area contributed by atoms with Crippen LogP contribution in [0.1, 0.15) is 12.8 Å². The molecule has 3 N–H and O–H groups in total. The maximum absolute atomic E-state index is 11.4. The van der Waals surface area contributed by atoms with Crippen LogP contribution in [0.25, 0.3) is 11.0 Å². The predicted octanol–water partition coefficient (Wildman–Crippen LogP) is 2.11. The second kappa shape index (κ2) is 5.97. The molecule has 2 aromatic rings. The zero-order valence-corrected chi connectivity index (χ0v) is 12.0. The summed E-state index contributed by atoms with van der Waals surface area (Å²) in [4.78, 5) is 20.7. The third-order valence-corrected chi connectivity index (χ3v) is 3.72. The van der Waals surface area contributed by atoms with Gasteiger partial charge in [0.1, 0.15) is 0 Å². The van der Waals surface area contributed by atoms with Crippen molar-refractivity contribution in [2.75, 3.05) is 25.6 Å². The Kier molecular flexibility index (Phi) is 4.31. The third kappa shape index (κ3) is 3.64. The Morgan fingerprint density at radius 2 is 2.26 bits per heavy atom. The zero-order chi connectivity index (χ0) is 13.8. The smallest absolute Gasteiger partial charge is 0.222 e. The molecule has 5 nitrogen and oxygen atoms in total. The van der Waals surface area contributed by atoms with Gasteiger partial charge in [-0.15, -0.1) is 0 Å². The number of amides is 1. The van der Waals surface area contributed by atoms with E-state index in [9.17, 15) is 4.79 Å². The zero-order valence-electron chi connectivity index (χ0n) is 11.1. The van der Waals surface area contributed by atoms with Crippen LogP contribution in [0.4, 0.5) is 5.69 Å². The molecule has 1 aromatic carbocycles. The first-order chi connectivity index (χ1) is 9.06. The van der Waals surface area contributed by atoms with Gasteiger partial charge in [0.2, 0.25) is 5.91 Å². The van der Waals surface area contributed by atoms with Crippen molar-refractivity contribution in [3.63, 3.8) is 0 Å². The number of fused-ring (bicyclic) bond motifs is 1. The minimum absolute atomic E-state index is 0.165. The number of nitrogen functional groups attached to an aromatic ring is 1. The van der Waals surface area contributed by atoms with Gasteiger partial charge in [-0.1, -0.05) is 11.8 Å². The fourth-order valence-corrected chi connectivity index (χ4v) is 2.52. The van der Waals surface area contributed by atoms with Gasteiger partial charge in [0.05, 0.1) is 11.0 Å². The molecule has 0 radical (unpaired) electrons. The van der Waals surface area contributed by atoms with Crippen LogP contribution in [0, 0.1) is 0 Å². The van der Waals surface area contributed by atoms with Crippen molar-refractivity contribution >= 4 is 34.4 Å². The van der Waals surface area contributed by atoms with E-state index < -0.39 is 0 Å². The summed E-state index contributed by atoms with van der Waals surface area (Å²) >= 11 is 1.63. The maximum atomic E-state index is 11.4. The number of carbonyl (C=O) groups is 1. The van der Waals surface area contributed by atoms with Crippen LogP contribution < -0.4 is 5.73 Å².